The van der Waals surface area contributed by atoms with Crippen molar-refractivity contribution in [2.24, 2.45) is 0 Å². The summed E-state index contributed by atoms with van der Waals surface area (Å²) in [5.74, 6) is 0.329. The van der Waals surface area contributed by atoms with Crippen molar-refractivity contribution in [1.82, 2.24) is 9.62 Å². The van der Waals surface area contributed by atoms with Crippen LogP contribution in [0.25, 0.3) is 0 Å². The van der Waals surface area contributed by atoms with Crippen LogP contribution in [0.4, 0.5) is 0 Å². The van der Waals surface area contributed by atoms with Gasteiger partial charge in [0.1, 0.15) is 0 Å². The molecule has 0 spiro atoms. The van der Waals surface area contributed by atoms with Gasteiger partial charge in [-0.05, 0) is 51.5 Å². The minimum absolute atomic E-state index is 0.243. The van der Waals surface area contributed by atoms with Crippen LogP contribution in [0.1, 0.15) is 64.7 Å². The molecule has 1 unspecified atom stereocenters. The van der Waals surface area contributed by atoms with Crippen molar-refractivity contribution >= 4 is 10.0 Å². The first kappa shape index (κ1) is 16.2. The first-order valence-electron chi connectivity index (χ1n) is 8.36. The maximum atomic E-state index is 12.5. The average Bonchev–Trinajstić information content (AvgIpc) is 3.24. The standard InChI is InChI=1S/C15H30N2O2S/c1-2-15-8-4-3-6-12-17(15)20(18,19)13-7-5-11-16-14-9-10-14/h14-16H,2-13H2,1H3. The van der Waals surface area contributed by atoms with Gasteiger partial charge in [-0.3, -0.25) is 0 Å². The highest BCUT2D eigenvalue weighted by atomic mass is 32.2. The lowest BCUT2D eigenvalue weighted by Crippen LogP contribution is -2.41. The largest absolute Gasteiger partial charge is 0.314 e. The highest BCUT2D eigenvalue weighted by molar-refractivity contribution is 7.89. The van der Waals surface area contributed by atoms with Crippen molar-refractivity contribution in [3.05, 3.63) is 0 Å². The molecule has 0 amide bonds. The fourth-order valence-corrected chi connectivity index (χ4v) is 4.96. The van der Waals surface area contributed by atoms with Crippen molar-refractivity contribution in [3.63, 3.8) is 0 Å². The summed E-state index contributed by atoms with van der Waals surface area (Å²) in [6, 6.07) is 0.966. The lowest BCUT2D eigenvalue weighted by molar-refractivity contribution is 0.314. The lowest BCUT2D eigenvalue weighted by atomic mass is 10.1. The Balaban J connectivity index is 1.76. The minimum Gasteiger partial charge on any atom is -0.314 e. The Morgan fingerprint density at radius 1 is 1.10 bits per heavy atom. The Hall–Kier alpha value is -0.130. The first-order chi connectivity index (χ1) is 9.63. The molecule has 5 heteroatoms. The number of rotatable bonds is 8. The second kappa shape index (κ2) is 7.76. The molecule has 1 saturated carbocycles. The van der Waals surface area contributed by atoms with Crippen molar-refractivity contribution in [2.75, 3.05) is 18.8 Å². The number of hydrogen-bond donors (Lipinski definition) is 1. The van der Waals surface area contributed by atoms with Gasteiger partial charge in [-0.25, -0.2) is 8.42 Å². The van der Waals surface area contributed by atoms with E-state index < -0.39 is 10.0 Å². The van der Waals surface area contributed by atoms with Gasteiger partial charge in [-0.15, -0.1) is 0 Å². The van der Waals surface area contributed by atoms with Gasteiger partial charge >= 0.3 is 0 Å². The third kappa shape index (κ3) is 5.01. The van der Waals surface area contributed by atoms with E-state index in [-0.39, 0.29) is 6.04 Å². The zero-order chi connectivity index (χ0) is 14.4. The molecule has 20 heavy (non-hydrogen) atoms. The second-order valence-electron chi connectivity index (χ2n) is 6.27. The van der Waals surface area contributed by atoms with E-state index in [2.05, 4.69) is 12.2 Å². The maximum absolute atomic E-state index is 12.5. The molecular formula is C15H30N2O2S. The highest BCUT2D eigenvalue weighted by Crippen LogP contribution is 2.23. The summed E-state index contributed by atoms with van der Waals surface area (Å²) in [6.07, 6.45) is 9.72. The molecule has 1 aliphatic carbocycles. The van der Waals surface area contributed by atoms with Crippen LogP contribution < -0.4 is 5.32 Å². The van der Waals surface area contributed by atoms with Gasteiger partial charge in [0.15, 0.2) is 0 Å². The fraction of sp³-hybridized carbons (Fsp3) is 1.00. The van der Waals surface area contributed by atoms with Crippen LogP contribution in [0.15, 0.2) is 0 Å². The predicted molar refractivity (Wildman–Crippen MR) is 83.3 cm³/mol. The average molecular weight is 302 g/mol. The molecule has 1 heterocycles. The Kier molecular flexibility index (Phi) is 6.30. The molecule has 2 rings (SSSR count). The van der Waals surface area contributed by atoms with Gasteiger partial charge in [0, 0.05) is 18.6 Å². The molecule has 1 aliphatic heterocycles. The van der Waals surface area contributed by atoms with Crippen molar-refractivity contribution in [2.45, 2.75) is 76.8 Å². The van der Waals surface area contributed by atoms with Crippen LogP contribution in [-0.4, -0.2) is 43.6 Å². The van der Waals surface area contributed by atoms with Gasteiger partial charge in [0.2, 0.25) is 10.0 Å². The predicted octanol–water partition coefficient (Wildman–Crippen LogP) is 2.50. The van der Waals surface area contributed by atoms with Crippen LogP contribution in [0, 0.1) is 0 Å². The third-order valence-corrected chi connectivity index (χ3v) is 6.49. The number of nitrogens with zero attached hydrogens (tertiary/aromatic N) is 1. The molecule has 1 N–H and O–H groups in total. The van der Waals surface area contributed by atoms with Crippen molar-refractivity contribution in [1.29, 1.82) is 0 Å². The lowest BCUT2D eigenvalue weighted by Gasteiger charge is -2.28. The smallest absolute Gasteiger partial charge is 0.214 e. The van der Waals surface area contributed by atoms with E-state index in [1.165, 1.54) is 25.7 Å². The molecule has 0 aromatic carbocycles. The van der Waals surface area contributed by atoms with Gasteiger partial charge in [-0.2, -0.15) is 4.31 Å². The van der Waals surface area contributed by atoms with Gasteiger partial charge < -0.3 is 5.32 Å². The molecule has 4 nitrogen and oxygen atoms in total. The van der Waals surface area contributed by atoms with Gasteiger partial charge in [0.25, 0.3) is 0 Å². The molecule has 0 aromatic heterocycles. The van der Waals surface area contributed by atoms with Gasteiger partial charge in [-0.1, -0.05) is 19.8 Å². The molecule has 0 aromatic rings. The second-order valence-corrected chi connectivity index (χ2v) is 8.31. The summed E-state index contributed by atoms with van der Waals surface area (Å²) < 4.78 is 26.9. The number of hydrogen-bond acceptors (Lipinski definition) is 3. The van der Waals surface area contributed by atoms with Crippen molar-refractivity contribution < 1.29 is 8.42 Å². The van der Waals surface area contributed by atoms with E-state index in [4.69, 9.17) is 0 Å². The monoisotopic (exact) mass is 302 g/mol. The zero-order valence-electron chi connectivity index (χ0n) is 12.8. The maximum Gasteiger partial charge on any atom is 0.214 e. The van der Waals surface area contributed by atoms with Crippen LogP contribution in [0.5, 0.6) is 0 Å². The van der Waals surface area contributed by atoms with E-state index in [1.54, 1.807) is 0 Å². The summed E-state index contributed by atoms with van der Waals surface area (Å²) in [5.41, 5.74) is 0. The van der Waals surface area contributed by atoms with Crippen molar-refractivity contribution in [3.8, 4) is 0 Å². The Bertz CT molecular complexity index is 379. The van der Waals surface area contributed by atoms with Crippen LogP contribution in [-0.2, 0) is 10.0 Å². The number of sulfonamides is 1. The van der Waals surface area contributed by atoms with E-state index in [0.29, 0.717) is 5.75 Å². The van der Waals surface area contributed by atoms with E-state index in [9.17, 15) is 8.42 Å². The van der Waals surface area contributed by atoms with Crippen LogP contribution in [0.3, 0.4) is 0 Å². The Labute approximate surface area is 124 Å². The molecule has 118 valence electrons. The molecule has 2 fully saturated rings. The Morgan fingerprint density at radius 3 is 2.60 bits per heavy atom. The topological polar surface area (TPSA) is 49.4 Å². The number of nitrogens with one attached hydrogen (secondary N) is 1. The first-order valence-corrected chi connectivity index (χ1v) is 9.97. The molecule has 1 saturated heterocycles. The van der Waals surface area contributed by atoms with E-state index >= 15 is 0 Å². The van der Waals surface area contributed by atoms with E-state index in [1.807, 2.05) is 4.31 Å². The summed E-state index contributed by atoms with van der Waals surface area (Å²) in [5, 5.41) is 3.44. The third-order valence-electron chi connectivity index (χ3n) is 4.49. The molecule has 2 aliphatic rings. The molecule has 0 bridgehead atoms. The van der Waals surface area contributed by atoms with Crippen LogP contribution >= 0.6 is 0 Å². The normalized spacial score (nSPS) is 25.6. The van der Waals surface area contributed by atoms with E-state index in [0.717, 1.165) is 51.2 Å². The molecule has 0 radical (unpaired) electrons. The van der Waals surface area contributed by atoms with Crippen LogP contribution in [0.2, 0.25) is 0 Å². The summed E-state index contributed by atoms with van der Waals surface area (Å²) in [7, 11) is -3.05. The number of unbranched alkanes of at least 4 members (excludes halogenated alkanes) is 1. The zero-order valence-corrected chi connectivity index (χ0v) is 13.6. The summed E-state index contributed by atoms with van der Waals surface area (Å²) in [4.78, 5) is 0. The molecule has 1 atom stereocenters. The van der Waals surface area contributed by atoms with Gasteiger partial charge in [0.05, 0.1) is 5.75 Å². The fourth-order valence-electron chi connectivity index (χ4n) is 3.05. The highest BCUT2D eigenvalue weighted by Gasteiger charge is 2.29. The quantitative estimate of drug-likeness (QED) is 0.701. The SMILES string of the molecule is CCC1CCCCCN1S(=O)(=O)CCCCNC1CC1. The minimum atomic E-state index is -3.05. The Morgan fingerprint density at radius 2 is 1.90 bits per heavy atom. The summed E-state index contributed by atoms with van der Waals surface area (Å²) >= 11 is 0. The summed E-state index contributed by atoms with van der Waals surface area (Å²) in [6.45, 7) is 3.82. The molecular weight excluding hydrogens is 272 g/mol.